The fraction of sp³-hybridized carbons (Fsp3) is 0.100. The van der Waals surface area contributed by atoms with Crippen molar-refractivity contribution in [2.24, 2.45) is 0 Å². The van der Waals surface area contributed by atoms with Crippen LogP contribution in [0, 0.1) is 0 Å². The molecule has 0 fully saturated rings. The second kappa shape index (κ2) is 8.09. The van der Waals surface area contributed by atoms with Crippen LogP contribution in [0.1, 0.15) is 39.0 Å². The van der Waals surface area contributed by atoms with Crippen LogP contribution in [0.4, 0.5) is 0 Å². The lowest BCUT2D eigenvalue weighted by Gasteiger charge is -2.06. The topological polar surface area (TPSA) is 97.1 Å². The van der Waals surface area contributed by atoms with Gasteiger partial charge in [0.25, 0.3) is 5.91 Å². The number of aromatic carboxylic acids is 1. The Morgan fingerprint density at radius 1 is 1.07 bits per heavy atom. The standard InChI is InChI=1S/C20H18N4O3/c1-2-21-19(25)15-9-11-16(12-10-15)24-17(18(20(26)27)22-23-24)13-8-14-6-4-3-5-7-14/h3-13H,2H2,1H3,(H,21,25)(H,26,27). The maximum absolute atomic E-state index is 11.9. The number of nitrogens with zero attached hydrogens (tertiary/aromatic N) is 3. The van der Waals surface area contributed by atoms with Crippen LogP contribution in [0.2, 0.25) is 0 Å². The first-order valence-corrected chi connectivity index (χ1v) is 8.41. The monoisotopic (exact) mass is 362 g/mol. The molecule has 0 unspecified atom stereocenters. The summed E-state index contributed by atoms with van der Waals surface area (Å²) in [5, 5.41) is 19.9. The molecule has 2 N–H and O–H groups in total. The van der Waals surface area contributed by atoms with Gasteiger partial charge in [0, 0.05) is 12.1 Å². The first kappa shape index (κ1) is 18.1. The molecule has 0 atom stereocenters. The van der Waals surface area contributed by atoms with E-state index in [0.717, 1.165) is 5.56 Å². The number of hydrogen-bond donors (Lipinski definition) is 2. The van der Waals surface area contributed by atoms with Crippen LogP contribution in [-0.2, 0) is 0 Å². The molecule has 2 aromatic carbocycles. The van der Waals surface area contributed by atoms with Gasteiger partial charge in [-0.1, -0.05) is 41.6 Å². The summed E-state index contributed by atoms with van der Waals surface area (Å²) in [6.07, 6.45) is 3.46. The Morgan fingerprint density at radius 3 is 2.41 bits per heavy atom. The molecule has 0 bridgehead atoms. The molecule has 3 aromatic rings. The van der Waals surface area contributed by atoms with Gasteiger partial charge >= 0.3 is 5.97 Å². The fourth-order valence-corrected chi connectivity index (χ4v) is 2.54. The molecule has 7 nitrogen and oxygen atoms in total. The van der Waals surface area contributed by atoms with Crippen molar-refractivity contribution in [1.82, 2.24) is 20.3 Å². The van der Waals surface area contributed by atoms with Crippen LogP contribution in [-0.4, -0.2) is 38.5 Å². The van der Waals surface area contributed by atoms with E-state index in [9.17, 15) is 14.7 Å². The van der Waals surface area contributed by atoms with Gasteiger partial charge in [-0.3, -0.25) is 4.79 Å². The number of benzene rings is 2. The molecular formula is C20H18N4O3. The molecule has 0 aliphatic rings. The van der Waals surface area contributed by atoms with E-state index in [0.29, 0.717) is 23.5 Å². The van der Waals surface area contributed by atoms with Gasteiger partial charge in [-0.15, -0.1) is 5.10 Å². The molecule has 0 aliphatic heterocycles. The third-order valence-corrected chi connectivity index (χ3v) is 3.85. The highest BCUT2D eigenvalue weighted by Crippen LogP contribution is 2.17. The molecule has 1 aromatic heterocycles. The minimum Gasteiger partial charge on any atom is -0.476 e. The van der Waals surface area contributed by atoms with Gasteiger partial charge in [-0.05, 0) is 42.8 Å². The van der Waals surface area contributed by atoms with E-state index in [-0.39, 0.29) is 11.6 Å². The van der Waals surface area contributed by atoms with Crippen molar-refractivity contribution in [3.63, 3.8) is 0 Å². The van der Waals surface area contributed by atoms with Crippen molar-refractivity contribution >= 4 is 24.0 Å². The number of carboxylic acid groups (broad SMARTS) is 1. The van der Waals surface area contributed by atoms with Crippen LogP contribution in [0.5, 0.6) is 0 Å². The summed E-state index contributed by atoms with van der Waals surface area (Å²) in [5.74, 6) is -1.33. The maximum Gasteiger partial charge on any atom is 0.358 e. The number of carboxylic acids is 1. The highest BCUT2D eigenvalue weighted by atomic mass is 16.4. The molecule has 1 amide bonds. The average molecular weight is 362 g/mol. The minimum atomic E-state index is -1.16. The van der Waals surface area contributed by atoms with Gasteiger partial charge in [-0.25, -0.2) is 9.48 Å². The van der Waals surface area contributed by atoms with Crippen molar-refractivity contribution in [2.75, 3.05) is 6.54 Å². The van der Waals surface area contributed by atoms with Gasteiger partial charge in [0.05, 0.1) is 5.69 Å². The predicted molar refractivity (Wildman–Crippen MR) is 102 cm³/mol. The summed E-state index contributed by atoms with van der Waals surface area (Å²) in [6.45, 7) is 2.39. The van der Waals surface area contributed by atoms with Crippen molar-refractivity contribution in [3.05, 3.63) is 77.1 Å². The third-order valence-electron chi connectivity index (χ3n) is 3.85. The summed E-state index contributed by atoms with van der Waals surface area (Å²) in [7, 11) is 0. The summed E-state index contributed by atoms with van der Waals surface area (Å²) in [5.41, 5.74) is 2.25. The number of carbonyl (C=O) groups is 2. The molecule has 0 aliphatic carbocycles. The first-order chi connectivity index (χ1) is 13.1. The van der Waals surface area contributed by atoms with Crippen LogP contribution in [0.3, 0.4) is 0 Å². The fourth-order valence-electron chi connectivity index (χ4n) is 2.54. The van der Waals surface area contributed by atoms with Crippen LogP contribution < -0.4 is 5.32 Å². The van der Waals surface area contributed by atoms with E-state index in [2.05, 4.69) is 15.6 Å². The normalized spacial score (nSPS) is 10.9. The Bertz CT molecular complexity index is 976. The van der Waals surface area contributed by atoms with E-state index < -0.39 is 5.97 Å². The Balaban J connectivity index is 1.97. The molecule has 0 radical (unpaired) electrons. The van der Waals surface area contributed by atoms with E-state index in [1.807, 2.05) is 37.3 Å². The van der Waals surface area contributed by atoms with E-state index in [1.54, 1.807) is 36.4 Å². The van der Waals surface area contributed by atoms with Crippen LogP contribution >= 0.6 is 0 Å². The van der Waals surface area contributed by atoms with Gasteiger partial charge in [0.1, 0.15) is 5.69 Å². The number of rotatable bonds is 6. The summed E-state index contributed by atoms with van der Waals surface area (Å²) < 4.78 is 1.43. The molecule has 0 spiro atoms. The summed E-state index contributed by atoms with van der Waals surface area (Å²) >= 11 is 0. The van der Waals surface area contributed by atoms with E-state index in [4.69, 9.17) is 0 Å². The van der Waals surface area contributed by atoms with Crippen LogP contribution in [0.15, 0.2) is 54.6 Å². The summed E-state index contributed by atoms with van der Waals surface area (Å²) in [4.78, 5) is 23.4. The highest BCUT2D eigenvalue weighted by Gasteiger charge is 2.18. The molecule has 1 heterocycles. The maximum atomic E-state index is 11.9. The zero-order chi connectivity index (χ0) is 19.2. The van der Waals surface area contributed by atoms with Gasteiger partial charge < -0.3 is 10.4 Å². The molecule has 0 saturated carbocycles. The average Bonchev–Trinajstić information content (AvgIpc) is 3.12. The second-order valence-corrected chi connectivity index (χ2v) is 5.69. The highest BCUT2D eigenvalue weighted by molar-refractivity contribution is 5.94. The number of amides is 1. The van der Waals surface area contributed by atoms with Crippen molar-refractivity contribution in [2.45, 2.75) is 6.92 Å². The molecular weight excluding hydrogens is 344 g/mol. The lowest BCUT2D eigenvalue weighted by atomic mass is 10.1. The van der Waals surface area contributed by atoms with Crippen LogP contribution in [0.25, 0.3) is 17.8 Å². The van der Waals surface area contributed by atoms with Gasteiger partial charge in [0.15, 0.2) is 5.69 Å². The Morgan fingerprint density at radius 2 is 1.78 bits per heavy atom. The minimum absolute atomic E-state index is 0.144. The molecule has 3 rings (SSSR count). The molecule has 27 heavy (non-hydrogen) atoms. The van der Waals surface area contributed by atoms with Crippen molar-refractivity contribution in [3.8, 4) is 5.69 Å². The van der Waals surface area contributed by atoms with E-state index >= 15 is 0 Å². The smallest absolute Gasteiger partial charge is 0.358 e. The molecule has 7 heteroatoms. The number of nitrogens with one attached hydrogen (secondary N) is 1. The van der Waals surface area contributed by atoms with Gasteiger partial charge in [0.2, 0.25) is 0 Å². The molecule has 136 valence electrons. The zero-order valence-corrected chi connectivity index (χ0v) is 14.7. The largest absolute Gasteiger partial charge is 0.476 e. The zero-order valence-electron chi connectivity index (χ0n) is 14.7. The number of aromatic nitrogens is 3. The lowest BCUT2D eigenvalue weighted by molar-refractivity contribution is 0.0690. The number of carbonyl (C=O) groups excluding carboxylic acids is 1. The second-order valence-electron chi connectivity index (χ2n) is 5.69. The Kier molecular flexibility index (Phi) is 5.41. The summed E-state index contributed by atoms with van der Waals surface area (Å²) in [6, 6.07) is 16.2. The lowest BCUT2D eigenvalue weighted by Crippen LogP contribution is -2.22. The van der Waals surface area contributed by atoms with E-state index in [1.165, 1.54) is 4.68 Å². The Hall–Kier alpha value is -3.74. The Labute approximate surface area is 156 Å². The molecule has 0 saturated heterocycles. The predicted octanol–water partition coefficient (Wildman–Crippen LogP) is 2.89. The third kappa shape index (κ3) is 4.09. The SMILES string of the molecule is CCNC(=O)c1ccc(-n2nnc(C(=O)O)c2C=Cc2ccccc2)cc1. The van der Waals surface area contributed by atoms with Crippen molar-refractivity contribution in [1.29, 1.82) is 0 Å². The van der Waals surface area contributed by atoms with Crippen molar-refractivity contribution < 1.29 is 14.7 Å². The number of hydrogen-bond acceptors (Lipinski definition) is 4. The quantitative estimate of drug-likeness (QED) is 0.703. The first-order valence-electron chi connectivity index (χ1n) is 8.41. The van der Waals surface area contributed by atoms with Gasteiger partial charge in [-0.2, -0.15) is 0 Å².